The maximum Gasteiger partial charge on any atom is 0.235 e. The molecule has 180 valence electrons. The minimum atomic E-state index is -2.74. The van der Waals surface area contributed by atoms with Gasteiger partial charge in [-0.3, -0.25) is 24.0 Å². The van der Waals surface area contributed by atoms with E-state index in [1.165, 1.54) is 6.07 Å². The van der Waals surface area contributed by atoms with E-state index in [4.69, 9.17) is 5.73 Å². The van der Waals surface area contributed by atoms with Gasteiger partial charge in [0.25, 0.3) is 0 Å². The third-order valence-corrected chi connectivity index (χ3v) is 7.46. The molecule has 0 bridgehead atoms. The number of hydrogen-bond acceptors (Lipinski definition) is 7. The van der Waals surface area contributed by atoms with Crippen LogP contribution in [0.25, 0.3) is 11.1 Å². The van der Waals surface area contributed by atoms with Crippen molar-refractivity contribution < 1.29 is 43.0 Å². The van der Waals surface area contributed by atoms with Crippen molar-refractivity contribution in [2.45, 2.75) is 24.9 Å². The molecule has 0 spiro atoms. The summed E-state index contributed by atoms with van der Waals surface area (Å²) in [4.78, 5) is 63.9. The van der Waals surface area contributed by atoms with E-state index in [1.54, 1.807) is 0 Å². The molecule has 0 heterocycles. The molecule has 35 heavy (non-hydrogen) atoms. The van der Waals surface area contributed by atoms with Crippen molar-refractivity contribution in [3.63, 3.8) is 0 Å². The molecule has 2 saturated carbocycles. The molecule has 0 radical (unpaired) electrons. The topological polar surface area (TPSA) is 152 Å². The van der Waals surface area contributed by atoms with E-state index in [1.807, 2.05) is 0 Å². The van der Waals surface area contributed by atoms with Crippen LogP contribution in [0, 0.1) is 35.3 Å². The van der Waals surface area contributed by atoms with Gasteiger partial charge in [-0.05, 0) is 53.6 Å². The van der Waals surface area contributed by atoms with Gasteiger partial charge < -0.3 is 15.9 Å². The first-order chi connectivity index (χ1) is 16.4. The first-order valence-corrected chi connectivity index (χ1v) is 10.9. The highest BCUT2D eigenvalue weighted by Crippen LogP contribution is 2.51. The van der Waals surface area contributed by atoms with Crippen molar-refractivity contribution in [2.24, 2.45) is 29.4 Å². The highest BCUT2D eigenvalue weighted by molar-refractivity contribution is 6.31. The van der Waals surface area contributed by atoms with Crippen molar-refractivity contribution in [3.8, 4) is 16.9 Å². The number of halogens is 2. The normalized spacial score (nSPS) is 29.9. The number of benzene rings is 2. The van der Waals surface area contributed by atoms with Crippen LogP contribution in [0.2, 0.25) is 0 Å². The Bertz CT molecular complexity index is 1350. The fourth-order valence-corrected chi connectivity index (χ4v) is 5.95. The molecule has 2 aromatic carbocycles. The summed E-state index contributed by atoms with van der Waals surface area (Å²) in [6, 6.07) is 5.39. The lowest BCUT2D eigenvalue weighted by molar-refractivity contribution is -0.175. The van der Waals surface area contributed by atoms with E-state index in [-0.39, 0.29) is 35.1 Å². The number of phenols is 1. The molecular weight excluding hydrogens is 464 g/mol. The molecule has 4 N–H and O–H groups in total. The summed E-state index contributed by atoms with van der Waals surface area (Å²) in [5.74, 6) is -13.0. The number of Topliss-reactive ketones (excluding diaryl/α,β-unsaturated/α-hetero) is 4. The van der Waals surface area contributed by atoms with Gasteiger partial charge in [-0.15, -0.1) is 0 Å². The van der Waals surface area contributed by atoms with E-state index in [0.29, 0.717) is 6.07 Å². The van der Waals surface area contributed by atoms with Crippen LogP contribution in [-0.4, -0.2) is 44.9 Å². The van der Waals surface area contributed by atoms with Gasteiger partial charge in [0.2, 0.25) is 5.91 Å². The van der Waals surface area contributed by atoms with Crippen molar-refractivity contribution in [3.05, 3.63) is 53.1 Å². The van der Waals surface area contributed by atoms with Crippen LogP contribution in [0.15, 0.2) is 30.3 Å². The predicted octanol–water partition coefficient (Wildman–Crippen LogP) is 1.27. The Labute approximate surface area is 196 Å². The Morgan fingerprint density at radius 2 is 1.66 bits per heavy atom. The lowest BCUT2D eigenvalue weighted by Gasteiger charge is -2.48. The van der Waals surface area contributed by atoms with Gasteiger partial charge in [-0.1, -0.05) is 6.07 Å². The maximum absolute atomic E-state index is 13.9. The van der Waals surface area contributed by atoms with E-state index in [2.05, 4.69) is 0 Å². The Hall–Kier alpha value is -3.79. The van der Waals surface area contributed by atoms with Gasteiger partial charge in [0.1, 0.15) is 17.4 Å². The fourth-order valence-electron chi connectivity index (χ4n) is 5.95. The minimum absolute atomic E-state index is 0.00749. The molecule has 3 aliphatic carbocycles. The molecule has 10 heteroatoms. The number of primary amides is 1. The van der Waals surface area contributed by atoms with Crippen LogP contribution in [0.1, 0.15) is 28.8 Å². The van der Waals surface area contributed by atoms with Crippen molar-refractivity contribution >= 4 is 29.0 Å². The van der Waals surface area contributed by atoms with E-state index >= 15 is 0 Å². The Morgan fingerprint density at radius 3 is 2.29 bits per heavy atom. The number of ketones is 4. The Kier molecular flexibility index (Phi) is 4.99. The maximum atomic E-state index is 13.9. The Balaban J connectivity index is 1.63. The summed E-state index contributed by atoms with van der Waals surface area (Å²) in [7, 11) is 0. The quantitative estimate of drug-likeness (QED) is 0.544. The lowest BCUT2D eigenvalue weighted by atomic mass is 9.53. The third kappa shape index (κ3) is 3.16. The van der Waals surface area contributed by atoms with E-state index < -0.39 is 82.1 Å². The molecule has 2 unspecified atom stereocenters. The Morgan fingerprint density at radius 1 is 1.00 bits per heavy atom. The highest BCUT2D eigenvalue weighted by Gasteiger charge is 2.66. The second kappa shape index (κ2) is 7.61. The summed E-state index contributed by atoms with van der Waals surface area (Å²) >= 11 is 0. The number of nitrogens with two attached hydrogens (primary N) is 1. The van der Waals surface area contributed by atoms with Gasteiger partial charge in [0.15, 0.2) is 34.7 Å². The summed E-state index contributed by atoms with van der Waals surface area (Å²) in [6.45, 7) is 0. The fraction of sp³-hybridized carbons (Fsp3) is 0.320. The van der Waals surface area contributed by atoms with Crippen LogP contribution < -0.4 is 5.73 Å². The number of rotatable bonds is 2. The molecule has 5 atom stereocenters. The number of amides is 1. The zero-order valence-electron chi connectivity index (χ0n) is 18.1. The van der Waals surface area contributed by atoms with Gasteiger partial charge in [-0.25, -0.2) is 8.78 Å². The zero-order valence-corrected chi connectivity index (χ0v) is 18.1. The van der Waals surface area contributed by atoms with Crippen molar-refractivity contribution in [1.82, 2.24) is 0 Å². The van der Waals surface area contributed by atoms with Crippen LogP contribution in [-0.2, 0) is 25.6 Å². The molecule has 2 fully saturated rings. The number of carbonyl (C=O) groups is 5. The average molecular weight is 483 g/mol. The number of fused-ring (bicyclic) bond motifs is 3. The van der Waals surface area contributed by atoms with Crippen LogP contribution in [0.4, 0.5) is 8.78 Å². The van der Waals surface area contributed by atoms with Gasteiger partial charge in [0.05, 0.1) is 11.5 Å². The van der Waals surface area contributed by atoms with Crippen molar-refractivity contribution in [1.29, 1.82) is 0 Å². The number of aromatic hydroxyl groups is 1. The molecule has 0 aliphatic heterocycles. The zero-order chi connectivity index (χ0) is 25.4. The number of phenolic OH excluding ortho intramolecular Hbond substituents is 1. The van der Waals surface area contributed by atoms with Crippen LogP contribution in [0.5, 0.6) is 5.75 Å². The van der Waals surface area contributed by atoms with E-state index in [0.717, 1.165) is 18.2 Å². The largest absolute Gasteiger partial charge is 0.507 e. The molecule has 2 aromatic rings. The summed E-state index contributed by atoms with van der Waals surface area (Å²) < 4.78 is 27.8. The van der Waals surface area contributed by atoms with Gasteiger partial charge >= 0.3 is 0 Å². The average Bonchev–Trinajstić information content (AvgIpc) is 2.75. The van der Waals surface area contributed by atoms with Crippen molar-refractivity contribution in [2.75, 3.05) is 0 Å². The highest BCUT2D eigenvalue weighted by atomic mass is 19.1. The molecule has 5 rings (SSSR count). The van der Waals surface area contributed by atoms with Crippen LogP contribution >= 0.6 is 0 Å². The van der Waals surface area contributed by atoms with Crippen LogP contribution in [0.3, 0.4) is 0 Å². The van der Waals surface area contributed by atoms with Gasteiger partial charge in [-0.2, -0.15) is 0 Å². The first-order valence-electron chi connectivity index (χ1n) is 10.9. The smallest absolute Gasteiger partial charge is 0.235 e. The monoisotopic (exact) mass is 483 g/mol. The molecule has 3 aliphatic rings. The predicted molar refractivity (Wildman–Crippen MR) is 114 cm³/mol. The number of aliphatic hydroxyl groups is 1. The second-order valence-corrected chi connectivity index (χ2v) is 9.38. The molecular formula is C25H19F2NO7. The minimum Gasteiger partial charge on any atom is -0.507 e. The SMILES string of the molecule is NC(=O)C1C(=O)C[C@@H]2C[C@@H]3Cc4c(-c5cc(F)cc(F)c5)ccc(O)c4C(=O)C3C(=O)[C@]2(O)C1=O. The standard InChI is InChI=1S/C25H19F2NO7/c26-12-4-9(5-13(27)8-12)14-1-2-16(29)19-15(14)6-10-3-11-7-17(30)20(24(28)34)23(33)25(11,35)22(32)18(10)21(19)31/h1-2,4-5,8,10-11,18,20,29,35H,3,6-7H2,(H2,28,34)/t10-,11+,18?,20?,25+/m1/s1. The third-order valence-electron chi connectivity index (χ3n) is 7.46. The number of hydrogen-bond donors (Lipinski definition) is 3. The summed E-state index contributed by atoms with van der Waals surface area (Å²) in [6.07, 6.45) is -0.519. The second-order valence-electron chi connectivity index (χ2n) is 9.38. The van der Waals surface area contributed by atoms with Gasteiger partial charge in [0, 0.05) is 18.4 Å². The summed E-state index contributed by atoms with van der Waals surface area (Å²) in [5.41, 5.74) is 2.84. The molecule has 0 saturated heterocycles. The molecule has 0 aromatic heterocycles. The van der Waals surface area contributed by atoms with E-state index in [9.17, 15) is 43.0 Å². The first kappa shape index (κ1) is 23.0. The molecule has 1 amide bonds. The lowest BCUT2D eigenvalue weighted by Crippen LogP contribution is -2.68. The summed E-state index contributed by atoms with van der Waals surface area (Å²) in [5, 5.41) is 21.6. The number of carbonyl (C=O) groups excluding carboxylic acids is 5. The molecule has 8 nitrogen and oxygen atoms in total.